The SMILES string of the molecule is COCCOCCOCCOCCCC(=O)[C@H](Cc1ccc(OCCOCCOCCC(=O)OC(C)(C)C)cc1)NC(=O)CCOCCOCCOCCOCCNC(=O)OC(C)(C)C. The number of hydrogen-bond acceptors (Lipinski definition) is 17. The topological polar surface area (TPSA) is 212 Å². The van der Waals surface area contributed by atoms with Crippen LogP contribution in [-0.2, 0) is 77.6 Å². The molecule has 0 spiro atoms. The van der Waals surface area contributed by atoms with Gasteiger partial charge in [0.1, 0.15) is 23.6 Å². The number of alkyl carbamates (subject to hydrolysis) is 1. The number of benzene rings is 1. The molecule has 0 aliphatic heterocycles. The van der Waals surface area contributed by atoms with Crippen molar-refractivity contribution in [2.75, 3.05) is 146 Å². The molecule has 1 rings (SSSR count). The van der Waals surface area contributed by atoms with Crippen LogP contribution in [0.15, 0.2) is 24.3 Å². The van der Waals surface area contributed by atoms with Gasteiger partial charge in [-0.15, -0.1) is 0 Å². The first-order valence-electron chi connectivity index (χ1n) is 22.6. The van der Waals surface area contributed by atoms with Crippen LogP contribution in [0, 0.1) is 0 Å². The van der Waals surface area contributed by atoms with Gasteiger partial charge in [0.25, 0.3) is 0 Å². The maximum atomic E-state index is 13.4. The van der Waals surface area contributed by atoms with Crippen molar-refractivity contribution >= 4 is 23.8 Å². The highest BCUT2D eigenvalue weighted by Gasteiger charge is 2.21. The van der Waals surface area contributed by atoms with E-state index in [0.717, 1.165) is 5.56 Å². The summed E-state index contributed by atoms with van der Waals surface area (Å²) in [6.45, 7) is 18.7. The number of esters is 1. The Hall–Kier alpha value is -3.50. The predicted molar refractivity (Wildman–Crippen MR) is 240 cm³/mol. The number of ketones is 1. The quantitative estimate of drug-likeness (QED) is 0.0703. The molecule has 1 aromatic rings. The van der Waals surface area contributed by atoms with E-state index >= 15 is 0 Å². The van der Waals surface area contributed by atoms with E-state index in [1.165, 1.54) is 0 Å². The molecule has 0 aliphatic carbocycles. The first-order chi connectivity index (χ1) is 31.2. The van der Waals surface area contributed by atoms with Gasteiger partial charge in [0.15, 0.2) is 5.78 Å². The van der Waals surface area contributed by atoms with E-state index < -0.39 is 23.3 Å². The summed E-state index contributed by atoms with van der Waals surface area (Å²) < 4.78 is 70.7. The number of rotatable bonds is 42. The Bertz CT molecular complexity index is 1350. The molecule has 0 unspecified atom stereocenters. The Morgan fingerprint density at radius 1 is 0.508 bits per heavy atom. The molecular formula is C46H80N2O17. The van der Waals surface area contributed by atoms with E-state index in [1.807, 2.05) is 45.0 Å². The summed E-state index contributed by atoms with van der Waals surface area (Å²) in [5, 5.41) is 5.52. The third-order valence-corrected chi connectivity index (χ3v) is 8.22. The molecular weight excluding hydrogens is 853 g/mol. The lowest BCUT2D eigenvalue weighted by Gasteiger charge is -2.19. The second-order valence-electron chi connectivity index (χ2n) is 16.4. The average Bonchev–Trinajstić information content (AvgIpc) is 3.23. The van der Waals surface area contributed by atoms with E-state index in [2.05, 4.69) is 10.6 Å². The van der Waals surface area contributed by atoms with Gasteiger partial charge in [0.05, 0.1) is 131 Å². The van der Waals surface area contributed by atoms with Gasteiger partial charge in [-0.1, -0.05) is 12.1 Å². The minimum Gasteiger partial charge on any atom is -0.491 e. The van der Waals surface area contributed by atoms with Crippen LogP contribution in [0.5, 0.6) is 5.75 Å². The van der Waals surface area contributed by atoms with Crippen LogP contribution in [-0.4, -0.2) is 187 Å². The zero-order valence-electron chi connectivity index (χ0n) is 40.2. The van der Waals surface area contributed by atoms with Crippen molar-refractivity contribution in [1.29, 1.82) is 0 Å². The zero-order chi connectivity index (χ0) is 47.9. The lowest BCUT2D eigenvalue weighted by atomic mass is 9.99. The molecule has 19 heteroatoms. The fourth-order valence-corrected chi connectivity index (χ4v) is 5.23. The van der Waals surface area contributed by atoms with Crippen LogP contribution in [0.4, 0.5) is 4.79 Å². The minimum atomic E-state index is -0.738. The number of hydrogen-bond donors (Lipinski definition) is 2. The third kappa shape index (κ3) is 39.4. The molecule has 0 heterocycles. The van der Waals surface area contributed by atoms with E-state index in [4.69, 9.17) is 61.6 Å². The maximum absolute atomic E-state index is 13.4. The van der Waals surface area contributed by atoms with E-state index in [-0.39, 0.29) is 50.1 Å². The van der Waals surface area contributed by atoms with Crippen molar-refractivity contribution in [3.8, 4) is 5.75 Å². The molecule has 0 saturated carbocycles. The summed E-state index contributed by atoms with van der Waals surface area (Å²) in [5.41, 5.74) is -0.214. The normalized spacial score (nSPS) is 12.2. The van der Waals surface area contributed by atoms with E-state index in [9.17, 15) is 19.2 Å². The van der Waals surface area contributed by atoms with Gasteiger partial charge >= 0.3 is 12.1 Å². The lowest BCUT2D eigenvalue weighted by Crippen LogP contribution is -2.42. The van der Waals surface area contributed by atoms with Crippen molar-refractivity contribution in [1.82, 2.24) is 10.6 Å². The summed E-state index contributed by atoms with van der Waals surface area (Å²) in [4.78, 5) is 49.7. The first kappa shape index (κ1) is 59.5. The molecule has 2 N–H and O–H groups in total. The Balaban J connectivity index is 2.38. The number of ether oxygens (including phenoxy) is 13. The molecule has 0 bridgehead atoms. The molecule has 1 aromatic carbocycles. The molecule has 65 heavy (non-hydrogen) atoms. The first-order valence-corrected chi connectivity index (χ1v) is 22.6. The molecule has 376 valence electrons. The van der Waals surface area contributed by atoms with Crippen LogP contribution in [0.25, 0.3) is 0 Å². The van der Waals surface area contributed by atoms with Crippen molar-refractivity contribution in [3.05, 3.63) is 29.8 Å². The van der Waals surface area contributed by atoms with Crippen molar-refractivity contribution in [3.63, 3.8) is 0 Å². The third-order valence-electron chi connectivity index (χ3n) is 8.22. The Kier molecular flexibility index (Phi) is 35.3. The van der Waals surface area contributed by atoms with Crippen molar-refractivity contribution < 1.29 is 80.8 Å². The van der Waals surface area contributed by atoms with Crippen LogP contribution in [0.1, 0.15) is 72.8 Å². The smallest absolute Gasteiger partial charge is 0.407 e. The second kappa shape index (κ2) is 38.6. The largest absolute Gasteiger partial charge is 0.491 e. The average molecular weight is 933 g/mol. The maximum Gasteiger partial charge on any atom is 0.407 e. The van der Waals surface area contributed by atoms with Gasteiger partial charge in [0, 0.05) is 33.1 Å². The summed E-state index contributed by atoms with van der Waals surface area (Å²) in [7, 11) is 1.62. The Morgan fingerprint density at radius 3 is 1.46 bits per heavy atom. The number of carbonyl (C=O) groups is 4. The number of carbonyl (C=O) groups excluding carboxylic acids is 4. The molecule has 0 aliphatic rings. The molecule has 19 nitrogen and oxygen atoms in total. The lowest BCUT2D eigenvalue weighted by molar-refractivity contribution is -0.156. The fourth-order valence-electron chi connectivity index (χ4n) is 5.23. The highest BCUT2D eigenvalue weighted by Crippen LogP contribution is 2.15. The van der Waals surface area contributed by atoms with Gasteiger partial charge in [-0.3, -0.25) is 14.4 Å². The van der Waals surface area contributed by atoms with Gasteiger partial charge in [0.2, 0.25) is 5.91 Å². The minimum absolute atomic E-state index is 0.0772. The van der Waals surface area contributed by atoms with Crippen molar-refractivity contribution in [2.24, 2.45) is 0 Å². The highest BCUT2D eigenvalue weighted by atomic mass is 16.6. The van der Waals surface area contributed by atoms with Gasteiger partial charge in [-0.05, 0) is 72.1 Å². The molecule has 0 saturated heterocycles. The van der Waals surface area contributed by atoms with E-state index in [1.54, 1.807) is 27.9 Å². The summed E-state index contributed by atoms with van der Waals surface area (Å²) in [5.74, 6) is -0.0620. The summed E-state index contributed by atoms with van der Waals surface area (Å²) in [6, 6.07) is 6.62. The Morgan fingerprint density at radius 2 is 0.954 bits per heavy atom. The van der Waals surface area contributed by atoms with Crippen LogP contribution >= 0.6 is 0 Å². The molecule has 0 fully saturated rings. The molecule has 2 amide bonds. The van der Waals surface area contributed by atoms with E-state index in [0.29, 0.717) is 144 Å². The van der Waals surface area contributed by atoms with Gasteiger partial charge in [-0.25, -0.2) is 4.79 Å². The number of Topliss-reactive ketones (excluding diaryl/α,β-unsaturated/α-hetero) is 1. The number of amides is 2. The molecule has 1 atom stereocenters. The Labute approximate surface area is 386 Å². The predicted octanol–water partition coefficient (Wildman–Crippen LogP) is 3.88. The molecule has 0 radical (unpaired) electrons. The number of nitrogens with one attached hydrogen (secondary N) is 2. The van der Waals surface area contributed by atoms with Crippen LogP contribution in [0.2, 0.25) is 0 Å². The van der Waals surface area contributed by atoms with Gasteiger partial charge in [-0.2, -0.15) is 0 Å². The fraction of sp³-hybridized carbons (Fsp3) is 0.783. The highest BCUT2D eigenvalue weighted by molar-refractivity contribution is 5.89. The van der Waals surface area contributed by atoms with Gasteiger partial charge < -0.3 is 72.2 Å². The van der Waals surface area contributed by atoms with Crippen molar-refractivity contribution in [2.45, 2.75) is 90.9 Å². The second-order valence-corrected chi connectivity index (χ2v) is 16.4. The zero-order valence-corrected chi connectivity index (χ0v) is 40.2. The van der Waals surface area contributed by atoms with Crippen LogP contribution in [0.3, 0.4) is 0 Å². The number of methoxy groups -OCH3 is 1. The monoisotopic (exact) mass is 933 g/mol. The summed E-state index contributed by atoms with van der Waals surface area (Å²) in [6.07, 6.45) is 0.803. The summed E-state index contributed by atoms with van der Waals surface area (Å²) >= 11 is 0. The van der Waals surface area contributed by atoms with Crippen LogP contribution < -0.4 is 15.4 Å². The standard InChI is InChI=1S/C46H80N2O17/c1-45(2,3)64-43(51)15-19-56-25-29-62-35-36-63-39-12-10-38(11-13-39)37-40(41(49)9-8-17-54-23-27-59-32-31-58-22-21-53-7)48-42(50)14-18-55-24-28-60-33-34-61-30-26-57-20-16-47-44(52)65-46(4,5)6/h10-13,40H,8-9,14-37H2,1-7H3,(H,47,52)(H,48,50)/t40-/m0/s1. The molecule has 0 aromatic heterocycles.